The van der Waals surface area contributed by atoms with Gasteiger partial charge in [-0.3, -0.25) is 9.59 Å². The van der Waals surface area contributed by atoms with Gasteiger partial charge in [0.1, 0.15) is 0 Å². The second kappa shape index (κ2) is 6.24. The standard InChI is InChI=1S/C17H19N3O3/c1-12-15(10-18-20(12)14-7-3-2-4-8-14)16(21)19-9-5-6-13(11-19)17(22)23/h2-4,7-8,10,13H,5-6,9,11H2,1H3,(H,22,23)/t13-/m0/s1. The summed E-state index contributed by atoms with van der Waals surface area (Å²) in [7, 11) is 0. The van der Waals surface area contributed by atoms with E-state index in [1.165, 1.54) is 0 Å². The molecule has 1 N–H and O–H groups in total. The van der Waals surface area contributed by atoms with Crippen LogP contribution in [0.1, 0.15) is 28.9 Å². The second-order valence-electron chi connectivity index (χ2n) is 5.82. The largest absolute Gasteiger partial charge is 0.481 e. The molecular formula is C17H19N3O3. The number of carboxylic acid groups (broad SMARTS) is 1. The Morgan fingerprint density at radius 1 is 1.26 bits per heavy atom. The fourth-order valence-electron chi connectivity index (χ4n) is 2.98. The summed E-state index contributed by atoms with van der Waals surface area (Å²) in [5, 5.41) is 13.5. The van der Waals surface area contributed by atoms with Crippen LogP contribution in [0.2, 0.25) is 0 Å². The topological polar surface area (TPSA) is 75.4 Å². The minimum atomic E-state index is -0.834. The number of rotatable bonds is 3. The van der Waals surface area contributed by atoms with Crippen LogP contribution in [0.25, 0.3) is 5.69 Å². The molecule has 1 amide bonds. The summed E-state index contributed by atoms with van der Waals surface area (Å²) in [6.45, 7) is 2.72. The highest BCUT2D eigenvalue weighted by Gasteiger charge is 2.30. The molecule has 1 saturated heterocycles. The van der Waals surface area contributed by atoms with Crippen LogP contribution in [0.3, 0.4) is 0 Å². The van der Waals surface area contributed by atoms with Crippen molar-refractivity contribution in [2.24, 2.45) is 5.92 Å². The number of nitrogens with zero attached hydrogens (tertiary/aromatic N) is 3. The molecular weight excluding hydrogens is 294 g/mol. The summed E-state index contributed by atoms with van der Waals surface area (Å²) in [4.78, 5) is 25.5. The van der Waals surface area contributed by atoms with Crippen molar-refractivity contribution in [1.82, 2.24) is 14.7 Å². The van der Waals surface area contributed by atoms with Gasteiger partial charge in [0.2, 0.25) is 0 Å². The Balaban J connectivity index is 1.83. The highest BCUT2D eigenvalue weighted by atomic mass is 16.4. The zero-order valence-electron chi connectivity index (χ0n) is 13.0. The lowest BCUT2D eigenvalue weighted by atomic mass is 9.98. The number of hydrogen-bond acceptors (Lipinski definition) is 3. The molecule has 3 rings (SSSR count). The molecule has 6 heteroatoms. The maximum Gasteiger partial charge on any atom is 0.308 e. The predicted molar refractivity (Wildman–Crippen MR) is 84.6 cm³/mol. The number of hydrogen-bond donors (Lipinski definition) is 1. The van der Waals surface area contributed by atoms with Gasteiger partial charge in [-0.1, -0.05) is 18.2 Å². The van der Waals surface area contributed by atoms with Gasteiger partial charge in [0.25, 0.3) is 5.91 Å². The number of carbonyl (C=O) groups is 2. The molecule has 1 fully saturated rings. The molecule has 1 aromatic heterocycles. The molecule has 1 aliphatic rings. The zero-order valence-corrected chi connectivity index (χ0v) is 13.0. The third-order valence-electron chi connectivity index (χ3n) is 4.30. The summed E-state index contributed by atoms with van der Waals surface area (Å²) in [5.74, 6) is -1.45. The van der Waals surface area contributed by atoms with Crippen LogP contribution in [0.4, 0.5) is 0 Å². The van der Waals surface area contributed by atoms with E-state index in [2.05, 4.69) is 5.10 Å². The second-order valence-corrected chi connectivity index (χ2v) is 5.82. The molecule has 2 heterocycles. The quantitative estimate of drug-likeness (QED) is 0.942. The first kappa shape index (κ1) is 15.3. The van der Waals surface area contributed by atoms with Gasteiger partial charge < -0.3 is 10.0 Å². The molecule has 0 spiro atoms. The van der Waals surface area contributed by atoms with Crippen molar-refractivity contribution in [3.05, 3.63) is 47.8 Å². The van der Waals surface area contributed by atoms with E-state index in [-0.39, 0.29) is 12.5 Å². The summed E-state index contributed by atoms with van der Waals surface area (Å²) in [6, 6.07) is 9.61. The van der Waals surface area contributed by atoms with E-state index in [4.69, 9.17) is 5.11 Å². The first-order valence-corrected chi connectivity index (χ1v) is 7.70. The number of piperidine rings is 1. The average Bonchev–Trinajstić information content (AvgIpc) is 2.96. The monoisotopic (exact) mass is 313 g/mol. The van der Waals surface area contributed by atoms with Gasteiger partial charge in [0, 0.05) is 13.1 Å². The molecule has 0 saturated carbocycles. The van der Waals surface area contributed by atoms with E-state index >= 15 is 0 Å². The van der Waals surface area contributed by atoms with Gasteiger partial charge in [-0.15, -0.1) is 0 Å². The third kappa shape index (κ3) is 2.97. The number of aliphatic carboxylic acids is 1. The van der Waals surface area contributed by atoms with Crippen LogP contribution in [0.5, 0.6) is 0 Å². The van der Waals surface area contributed by atoms with Crippen molar-refractivity contribution in [2.45, 2.75) is 19.8 Å². The molecule has 1 atom stereocenters. The Morgan fingerprint density at radius 2 is 2.00 bits per heavy atom. The Morgan fingerprint density at radius 3 is 2.70 bits per heavy atom. The van der Waals surface area contributed by atoms with Gasteiger partial charge in [-0.25, -0.2) is 4.68 Å². The molecule has 0 bridgehead atoms. The minimum Gasteiger partial charge on any atom is -0.481 e. The first-order chi connectivity index (χ1) is 11.1. The summed E-state index contributed by atoms with van der Waals surface area (Å²) in [6.07, 6.45) is 2.91. The average molecular weight is 313 g/mol. The van der Waals surface area contributed by atoms with Crippen molar-refractivity contribution >= 4 is 11.9 Å². The normalized spacial score (nSPS) is 18.0. The van der Waals surface area contributed by atoms with Gasteiger partial charge in [0.05, 0.1) is 29.1 Å². The van der Waals surface area contributed by atoms with E-state index in [0.717, 1.165) is 11.4 Å². The molecule has 23 heavy (non-hydrogen) atoms. The molecule has 0 aliphatic carbocycles. The van der Waals surface area contributed by atoms with E-state index in [1.807, 2.05) is 37.3 Å². The van der Waals surface area contributed by atoms with Gasteiger partial charge in [-0.2, -0.15) is 5.10 Å². The van der Waals surface area contributed by atoms with Crippen LogP contribution >= 0.6 is 0 Å². The van der Waals surface area contributed by atoms with Crippen LogP contribution in [-0.4, -0.2) is 44.8 Å². The molecule has 1 aromatic carbocycles. The van der Waals surface area contributed by atoms with Gasteiger partial charge in [-0.05, 0) is 31.9 Å². The van der Waals surface area contributed by atoms with Gasteiger partial charge >= 0.3 is 5.97 Å². The van der Waals surface area contributed by atoms with E-state index < -0.39 is 11.9 Å². The highest BCUT2D eigenvalue weighted by molar-refractivity contribution is 5.95. The first-order valence-electron chi connectivity index (χ1n) is 7.70. The molecule has 1 aliphatic heterocycles. The zero-order chi connectivity index (χ0) is 16.4. The predicted octanol–water partition coefficient (Wildman–Crippen LogP) is 2.12. The maximum atomic E-state index is 12.7. The Bertz CT molecular complexity index is 724. The number of carboxylic acids is 1. The maximum absolute atomic E-state index is 12.7. The number of benzene rings is 1. The molecule has 120 valence electrons. The fourth-order valence-corrected chi connectivity index (χ4v) is 2.98. The molecule has 6 nitrogen and oxygen atoms in total. The summed E-state index contributed by atoms with van der Waals surface area (Å²) >= 11 is 0. The van der Waals surface area contributed by atoms with Crippen LogP contribution in [0, 0.1) is 12.8 Å². The number of likely N-dealkylation sites (tertiary alicyclic amines) is 1. The Hall–Kier alpha value is -2.63. The summed E-state index contributed by atoms with van der Waals surface area (Å²) in [5.41, 5.74) is 2.18. The number of amides is 1. The van der Waals surface area contributed by atoms with Crippen LogP contribution in [-0.2, 0) is 4.79 Å². The van der Waals surface area contributed by atoms with E-state index in [1.54, 1.807) is 15.8 Å². The van der Waals surface area contributed by atoms with Crippen molar-refractivity contribution in [1.29, 1.82) is 0 Å². The lowest BCUT2D eigenvalue weighted by Gasteiger charge is -2.30. The number of aromatic nitrogens is 2. The van der Waals surface area contributed by atoms with Crippen molar-refractivity contribution in [2.75, 3.05) is 13.1 Å². The van der Waals surface area contributed by atoms with Gasteiger partial charge in [0.15, 0.2) is 0 Å². The SMILES string of the molecule is Cc1c(C(=O)N2CCC[C@H](C(=O)O)C2)cnn1-c1ccccc1. The molecule has 2 aromatic rings. The van der Waals surface area contributed by atoms with Crippen molar-refractivity contribution in [3.8, 4) is 5.69 Å². The number of carbonyl (C=O) groups excluding carboxylic acids is 1. The van der Waals surface area contributed by atoms with Crippen LogP contribution in [0.15, 0.2) is 36.5 Å². The van der Waals surface area contributed by atoms with Crippen LogP contribution < -0.4 is 0 Å². The minimum absolute atomic E-state index is 0.143. The third-order valence-corrected chi connectivity index (χ3v) is 4.30. The van der Waals surface area contributed by atoms with E-state index in [9.17, 15) is 9.59 Å². The number of para-hydroxylation sites is 1. The van der Waals surface area contributed by atoms with E-state index in [0.29, 0.717) is 24.9 Å². The lowest BCUT2D eigenvalue weighted by Crippen LogP contribution is -2.42. The smallest absolute Gasteiger partial charge is 0.308 e. The molecule has 0 radical (unpaired) electrons. The lowest BCUT2D eigenvalue weighted by molar-refractivity contribution is -0.143. The van der Waals surface area contributed by atoms with Crippen molar-refractivity contribution in [3.63, 3.8) is 0 Å². The van der Waals surface area contributed by atoms with Crippen molar-refractivity contribution < 1.29 is 14.7 Å². The fraction of sp³-hybridized carbons (Fsp3) is 0.353. The Labute approximate surface area is 134 Å². The summed E-state index contributed by atoms with van der Waals surface area (Å²) < 4.78 is 1.73. The Kier molecular flexibility index (Phi) is 4.14. The highest BCUT2D eigenvalue weighted by Crippen LogP contribution is 2.21. The molecule has 0 unspecified atom stereocenters.